The van der Waals surface area contributed by atoms with Crippen molar-refractivity contribution >= 4 is 72.2 Å². The zero-order valence-electron chi connectivity index (χ0n) is 21.0. The molecular formula is C28H25Br2ClN4O3. The summed E-state index contributed by atoms with van der Waals surface area (Å²) in [5.41, 5.74) is 2.47. The SMILES string of the molecule is CC[C@@H](C)c1nc2ccc(Br)cc2c(=O)n1N=Cc1cc(Cl)cc(Br)c1OCC(=O)Nc1ccccc1C. The number of para-hydroxylation sites is 1. The normalized spacial score (nSPS) is 12.2. The third-order valence-corrected chi connectivity index (χ3v) is 7.30. The number of ether oxygens (including phenoxy) is 1. The monoisotopic (exact) mass is 658 g/mol. The molecule has 10 heteroatoms. The van der Waals surface area contributed by atoms with Crippen molar-refractivity contribution in [3.05, 3.63) is 95.9 Å². The molecule has 3 aromatic carbocycles. The van der Waals surface area contributed by atoms with Crippen LogP contribution in [0.25, 0.3) is 10.9 Å². The van der Waals surface area contributed by atoms with Crippen LogP contribution in [-0.2, 0) is 4.79 Å². The third-order valence-electron chi connectivity index (χ3n) is 6.00. The average Bonchev–Trinajstić information content (AvgIpc) is 2.88. The highest BCUT2D eigenvalue weighted by Gasteiger charge is 2.17. The van der Waals surface area contributed by atoms with Crippen LogP contribution >= 0.6 is 43.5 Å². The molecule has 7 nitrogen and oxygen atoms in total. The molecule has 0 radical (unpaired) electrons. The molecule has 0 unspecified atom stereocenters. The standard InChI is InChI=1S/C28H25Br2ClN4O3/c1-4-16(2)27-34-24-10-9-19(29)12-21(24)28(37)35(27)32-14-18-11-20(31)13-22(30)26(18)38-15-25(36)33-23-8-6-5-7-17(23)3/h5-14,16H,4,15H2,1-3H3,(H,33,36)/t16-/m1/s1. The van der Waals surface area contributed by atoms with E-state index < -0.39 is 0 Å². The minimum Gasteiger partial charge on any atom is -0.482 e. The maximum Gasteiger partial charge on any atom is 0.282 e. The second-order valence-corrected chi connectivity index (χ2v) is 11.0. The summed E-state index contributed by atoms with van der Waals surface area (Å²) in [5.74, 6) is 0.584. The van der Waals surface area contributed by atoms with E-state index in [0.717, 1.165) is 16.5 Å². The molecule has 0 aliphatic rings. The van der Waals surface area contributed by atoms with Gasteiger partial charge in [0.15, 0.2) is 6.61 Å². The number of carbonyl (C=O) groups excluding carboxylic acids is 1. The van der Waals surface area contributed by atoms with Gasteiger partial charge < -0.3 is 10.1 Å². The van der Waals surface area contributed by atoms with Gasteiger partial charge in [0.25, 0.3) is 11.5 Å². The molecule has 0 fully saturated rings. The summed E-state index contributed by atoms with van der Waals surface area (Å²) < 4.78 is 8.51. The number of hydrogen-bond donors (Lipinski definition) is 1. The highest BCUT2D eigenvalue weighted by Crippen LogP contribution is 2.32. The summed E-state index contributed by atoms with van der Waals surface area (Å²) >= 11 is 13.2. The Balaban J connectivity index is 1.69. The van der Waals surface area contributed by atoms with Crippen LogP contribution in [0.15, 0.2) is 73.4 Å². The summed E-state index contributed by atoms with van der Waals surface area (Å²) in [7, 11) is 0. The number of benzene rings is 3. The first-order valence-electron chi connectivity index (χ1n) is 11.9. The van der Waals surface area contributed by atoms with Gasteiger partial charge in [-0.15, -0.1) is 0 Å². The van der Waals surface area contributed by atoms with E-state index in [9.17, 15) is 9.59 Å². The number of nitrogens with zero attached hydrogens (tertiary/aromatic N) is 3. The van der Waals surface area contributed by atoms with Gasteiger partial charge in [0.1, 0.15) is 11.6 Å². The van der Waals surface area contributed by atoms with Crippen molar-refractivity contribution in [3.63, 3.8) is 0 Å². The molecule has 0 aliphatic heterocycles. The van der Waals surface area contributed by atoms with Crippen molar-refractivity contribution in [2.75, 3.05) is 11.9 Å². The van der Waals surface area contributed by atoms with Crippen LogP contribution < -0.4 is 15.6 Å². The summed E-state index contributed by atoms with van der Waals surface area (Å²) in [6, 6.07) is 16.2. The fourth-order valence-electron chi connectivity index (χ4n) is 3.76. The second kappa shape index (κ2) is 12.2. The summed E-state index contributed by atoms with van der Waals surface area (Å²) in [6.45, 7) is 5.70. The van der Waals surface area contributed by atoms with Gasteiger partial charge in [0, 0.05) is 26.7 Å². The predicted octanol–water partition coefficient (Wildman–Crippen LogP) is 7.30. The van der Waals surface area contributed by atoms with E-state index in [1.807, 2.05) is 57.2 Å². The van der Waals surface area contributed by atoms with Crippen LogP contribution in [0.2, 0.25) is 5.02 Å². The second-order valence-electron chi connectivity index (χ2n) is 8.76. The Morgan fingerprint density at radius 3 is 2.71 bits per heavy atom. The first kappa shape index (κ1) is 28.0. The zero-order chi connectivity index (χ0) is 27.4. The largest absolute Gasteiger partial charge is 0.482 e. The van der Waals surface area contributed by atoms with Gasteiger partial charge >= 0.3 is 0 Å². The Labute approximate surface area is 242 Å². The van der Waals surface area contributed by atoms with Gasteiger partial charge in [-0.3, -0.25) is 9.59 Å². The number of fused-ring (bicyclic) bond motifs is 1. The minimum atomic E-state index is -0.316. The first-order chi connectivity index (χ1) is 18.2. The number of halogens is 3. The Bertz CT molecular complexity index is 1600. The van der Waals surface area contributed by atoms with Crippen molar-refractivity contribution in [3.8, 4) is 5.75 Å². The molecule has 0 spiro atoms. The molecular weight excluding hydrogens is 636 g/mol. The molecule has 1 atom stereocenters. The quantitative estimate of drug-likeness (QED) is 0.201. The molecule has 38 heavy (non-hydrogen) atoms. The lowest BCUT2D eigenvalue weighted by Gasteiger charge is -2.15. The highest BCUT2D eigenvalue weighted by atomic mass is 79.9. The number of aromatic nitrogens is 2. The fourth-order valence-corrected chi connectivity index (χ4v) is 5.07. The van der Waals surface area contributed by atoms with Gasteiger partial charge in [0.05, 0.1) is 21.6 Å². The number of amides is 1. The number of rotatable bonds is 8. The maximum absolute atomic E-state index is 13.4. The maximum atomic E-state index is 13.4. The highest BCUT2D eigenvalue weighted by molar-refractivity contribution is 9.10. The topological polar surface area (TPSA) is 85.6 Å². The molecule has 196 valence electrons. The van der Waals surface area contributed by atoms with E-state index in [1.54, 1.807) is 18.2 Å². The molecule has 1 N–H and O–H groups in total. The number of hydrogen-bond acceptors (Lipinski definition) is 5. The van der Waals surface area contributed by atoms with Crippen molar-refractivity contribution in [2.45, 2.75) is 33.1 Å². The van der Waals surface area contributed by atoms with Crippen LogP contribution in [0.1, 0.15) is 43.1 Å². The number of anilines is 1. The molecule has 0 saturated carbocycles. The number of aryl methyl sites for hydroxylation is 1. The first-order valence-corrected chi connectivity index (χ1v) is 13.9. The third kappa shape index (κ3) is 6.34. The summed E-state index contributed by atoms with van der Waals surface area (Å²) in [5, 5.41) is 8.24. The van der Waals surface area contributed by atoms with E-state index >= 15 is 0 Å². The molecule has 0 aliphatic carbocycles. The van der Waals surface area contributed by atoms with Crippen molar-refractivity contribution in [2.24, 2.45) is 5.10 Å². The lowest BCUT2D eigenvalue weighted by Crippen LogP contribution is -2.24. The average molecular weight is 661 g/mol. The Kier molecular flexibility index (Phi) is 9.02. The molecule has 0 saturated heterocycles. The molecule has 4 rings (SSSR count). The van der Waals surface area contributed by atoms with Crippen LogP contribution in [-0.4, -0.2) is 28.4 Å². The smallest absolute Gasteiger partial charge is 0.282 e. The van der Waals surface area contributed by atoms with Crippen molar-refractivity contribution in [1.29, 1.82) is 0 Å². The molecule has 1 aromatic heterocycles. The van der Waals surface area contributed by atoms with Gasteiger partial charge in [-0.05, 0) is 71.2 Å². The summed E-state index contributed by atoms with van der Waals surface area (Å²) in [6.07, 6.45) is 2.26. The van der Waals surface area contributed by atoms with Gasteiger partial charge in [-0.2, -0.15) is 9.78 Å². The van der Waals surface area contributed by atoms with E-state index in [-0.39, 0.29) is 24.0 Å². The molecule has 1 amide bonds. The van der Waals surface area contributed by atoms with Crippen molar-refractivity contribution < 1.29 is 9.53 Å². The van der Waals surface area contributed by atoms with E-state index in [2.05, 4.69) is 42.3 Å². The summed E-state index contributed by atoms with van der Waals surface area (Å²) in [4.78, 5) is 30.8. The molecule has 0 bridgehead atoms. The fraction of sp³-hybridized carbons (Fsp3) is 0.214. The van der Waals surface area contributed by atoms with Crippen LogP contribution in [0.5, 0.6) is 5.75 Å². The van der Waals surface area contributed by atoms with E-state index in [1.165, 1.54) is 10.9 Å². The Morgan fingerprint density at radius 1 is 1.21 bits per heavy atom. The van der Waals surface area contributed by atoms with Gasteiger partial charge in [0.2, 0.25) is 0 Å². The number of nitrogens with one attached hydrogen (secondary N) is 1. The van der Waals surface area contributed by atoms with Crippen LogP contribution in [0.4, 0.5) is 5.69 Å². The van der Waals surface area contributed by atoms with Gasteiger partial charge in [-0.25, -0.2) is 4.98 Å². The Morgan fingerprint density at radius 2 is 1.97 bits per heavy atom. The van der Waals surface area contributed by atoms with E-state index in [4.69, 9.17) is 21.3 Å². The van der Waals surface area contributed by atoms with Crippen molar-refractivity contribution in [1.82, 2.24) is 9.66 Å². The van der Waals surface area contributed by atoms with Crippen LogP contribution in [0, 0.1) is 6.92 Å². The lowest BCUT2D eigenvalue weighted by atomic mass is 10.1. The Hall–Kier alpha value is -3.01. The molecule has 1 heterocycles. The predicted molar refractivity (Wildman–Crippen MR) is 160 cm³/mol. The number of carbonyl (C=O) groups is 1. The zero-order valence-corrected chi connectivity index (χ0v) is 24.9. The van der Waals surface area contributed by atoms with Gasteiger partial charge in [-0.1, -0.05) is 59.6 Å². The van der Waals surface area contributed by atoms with E-state index in [0.29, 0.717) is 43.2 Å². The van der Waals surface area contributed by atoms with Crippen LogP contribution in [0.3, 0.4) is 0 Å². The molecule has 4 aromatic rings. The minimum absolute atomic E-state index is 0.0140. The lowest BCUT2D eigenvalue weighted by molar-refractivity contribution is -0.118.